The predicted octanol–water partition coefficient (Wildman–Crippen LogP) is 6.58. The van der Waals surface area contributed by atoms with Gasteiger partial charge in [-0.3, -0.25) is 9.78 Å². The second kappa shape index (κ2) is 11.9. The molecule has 0 bridgehead atoms. The van der Waals surface area contributed by atoms with Crippen molar-refractivity contribution in [1.29, 1.82) is 0 Å². The fourth-order valence-corrected chi connectivity index (χ4v) is 5.48. The molecule has 0 saturated carbocycles. The number of rotatable bonds is 9. The van der Waals surface area contributed by atoms with Gasteiger partial charge in [-0.05, 0) is 76.5 Å². The van der Waals surface area contributed by atoms with Crippen LogP contribution in [0.25, 0.3) is 11.1 Å². The molecule has 0 spiro atoms. The van der Waals surface area contributed by atoms with E-state index in [0.29, 0.717) is 5.92 Å². The zero-order valence-corrected chi connectivity index (χ0v) is 24.5. The molecule has 2 heterocycles. The van der Waals surface area contributed by atoms with E-state index in [-0.39, 0.29) is 13.2 Å². The monoisotopic (exact) mass is 540 g/mol. The summed E-state index contributed by atoms with van der Waals surface area (Å²) in [5, 5.41) is 13.7. The van der Waals surface area contributed by atoms with Crippen molar-refractivity contribution in [2.75, 3.05) is 0 Å². The standard InChI is InChI=1S/C30H40N2O5S/c1-18(2)15-24-22(16-31-28(35)37-29(5,6)7)25(21-11-9-19(3)10-12-21)23(20(4)32-24)17-36-30(8)13-14-38-26(30)27(33)34/h9-14,18,26H,15-17H2,1-8H3,(H,31,35)(H,33,34). The van der Waals surface area contributed by atoms with Gasteiger partial charge in [-0.2, -0.15) is 0 Å². The molecule has 1 amide bonds. The maximum Gasteiger partial charge on any atom is 0.407 e. The number of carboxylic acids is 1. The zero-order chi connectivity index (χ0) is 28.3. The number of aromatic nitrogens is 1. The number of hydrogen-bond acceptors (Lipinski definition) is 6. The topological polar surface area (TPSA) is 97.8 Å². The van der Waals surface area contributed by atoms with E-state index in [1.165, 1.54) is 11.8 Å². The fourth-order valence-electron chi connectivity index (χ4n) is 4.44. The second-order valence-electron chi connectivity index (χ2n) is 11.4. The molecule has 0 radical (unpaired) electrons. The summed E-state index contributed by atoms with van der Waals surface area (Å²) in [6.45, 7) is 16.0. The minimum absolute atomic E-state index is 0.175. The Morgan fingerprint density at radius 2 is 1.82 bits per heavy atom. The lowest BCUT2D eigenvalue weighted by Gasteiger charge is -2.29. The number of carbonyl (C=O) groups excluding carboxylic acids is 1. The summed E-state index contributed by atoms with van der Waals surface area (Å²) < 4.78 is 11.8. The molecule has 2 aromatic rings. The van der Waals surface area contributed by atoms with Crippen LogP contribution in [0.1, 0.15) is 69.6 Å². The summed E-state index contributed by atoms with van der Waals surface area (Å²) in [5.74, 6) is -0.559. The highest BCUT2D eigenvalue weighted by Crippen LogP contribution is 2.39. The number of alkyl carbamates (subject to hydrolysis) is 1. The van der Waals surface area contributed by atoms with E-state index in [1.807, 2.05) is 40.7 Å². The van der Waals surface area contributed by atoms with Gasteiger partial charge in [0.1, 0.15) is 16.5 Å². The fraction of sp³-hybridized carbons (Fsp3) is 0.500. The van der Waals surface area contributed by atoms with Crippen LogP contribution in [0.3, 0.4) is 0 Å². The van der Waals surface area contributed by atoms with Gasteiger partial charge in [-0.25, -0.2) is 4.79 Å². The average molecular weight is 541 g/mol. The van der Waals surface area contributed by atoms with Crippen molar-refractivity contribution in [3.8, 4) is 11.1 Å². The Kier molecular flexibility index (Phi) is 9.31. The van der Waals surface area contributed by atoms with Gasteiger partial charge in [-0.15, -0.1) is 11.8 Å². The van der Waals surface area contributed by atoms with Gasteiger partial charge < -0.3 is 19.9 Å². The van der Waals surface area contributed by atoms with Crippen molar-refractivity contribution in [2.24, 2.45) is 5.92 Å². The predicted molar refractivity (Wildman–Crippen MR) is 152 cm³/mol. The summed E-state index contributed by atoms with van der Waals surface area (Å²) in [6, 6.07) is 8.25. The molecule has 8 heteroatoms. The lowest BCUT2D eigenvalue weighted by atomic mass is 9.89. The number of hydrogen-bond donors (Lipinski definition) is 2. The maximum atomic E-state index is 12.6. The van der Waals surface area contributed by atoms with Gasteiger partial charge in [0.2, 0.25) is 0 Å². The largest absolute Gasteiger partial charge is 0.480 e. The molecule has 3 rings (SSSR count). The number of nitrogens with zero attached hydrogens (tertiary/aromatic N) is 1. The third kappa shape index (κ3) is 7.38. The molecular weight excluding hydrogens is 500 g/mol. The van der Waals surface area contributed by atoms with Crippen LogP contribution in [0.15, 0.2) is 35.7 Å². The number of thioether (sulfide) groups is 1. The van der Waals surface area contributed by atoms with Gasteiger partial charge in [0, 0.05) is 29.1 Å². The summed E-state index contributed by atoms with van der Waals surface area (Å²) in [5.41, 5.74) is 5.03. The van der Waals surface area contributed by atoms with Gasteiger partial charge in [0.15, 0.2) is 0 Å². The van der Waals surface area contributed by atoms with Crippen molar-refractivity contribution >= 4 is 23.8 Å². The second-order valence-corrected chi connectivity index (χ2v) is 12.4. The van der Waals surface area contributed by atoms with E-state index in [1.54, 1.807) is 12.3 Å². The Morgan fingerprint density at radius 3 is 2.39 bits per heavy atom. The first kappa shape index (κ1) is 29.7. The minimum atomic E-state index is -0.959. The molecule has 0 fully saturated rings. The lowest BCUT2D eigenvalue weighted by Crippen LogP contribution is -2.40. The van der Waals surface area contributed by atoms with E-state index < -0.39 is 28.5 Å². The highest BCUT2D eigenvalue weighted by atomic mass is 32.2. The van der Waals surface area contributed by atoms with Crippen LogP contribution in [0.5, 0.6) is 0 Å². The van der Waals surface area contributed by atoms with Gasteiger partial charge in [0.05, 0.1) is 6.61 Å². The molecule has 206 valence electrons. The van der Waals surface area contributed by atoms with Crippen LogP contribution >= 0.6 is 11.8 Å². The number of ether oxygens (including phenoxy) is 2. The van der Waals surface area contributed by atoms with Crippen molar-refractivity contribution in [3.05, 3.63) is 63.8 Å². The molecule has 1 aliphatic heterocycles. The normalized spacial score (nSPS) is 19.1. The van der Waals surface area contributed by atoms with Crippen molar-refractivity contribution in [2.45, 2.75) is 91.4 Å². The number of carboxylic acid groups (broad SMARTS) is 1. The molecule has 0 saturated heterocycles. The van der Waals surface area contributed by atoms with E-state index in [9.17, 15) is 14.7 Å². The highest BCUT2D eigenvalue weighted by Gasteiger charge is 2.42. The Bertz CT molecular complexity index is 1200. The van der Waals surface area contributed by atoms with Crippen molar-refractivity contribution in [3.63, 3.8) is 0 Å². The summed E-state index contributed by atoms with van der Waals surface area (Å²) in [7, 11) is 0. The molecule has 0 aliphatic carbocycles. The summed E-state index contributed by atoms with van der Waals surface area (Å²) >= 11 is 1.24. The molecule has 1 aromatic heterocycles. The number of carbonyl (C=O) groups is 2. The lowest BCUT2D eigenvalue weighted by molar-refractivity contribution is -0.141. The van der Waals surface area contributed by atoms with E-state index in [0.717, 1.165) is 45.6 Å². The molecular formula is C30H40N2O5S. The quantitative estimate of drug-likeness (QED) is 0.371. The molecule has 2 N–H and O–H groups in total. The first-order valence-electron chi connectivity index (χ1n) is 12.9. The van der Waals surface area contributed by atoms with Gasteiger partial charge in [0.25, 0.3) is 0 Å². The Morgan fingerprint density at radius 1 is 1.16 bits per heavy atom. The Balaban J connectivity index is 2.11. The van der Waals surface area contributed by atoms with Crippen LogP contribution in [0.4, 0.5) is 4.79 Å². The van der Waals surface area contributed by atoms with E-state index in [2.05, 4.69) is 43.4 Å². The number of benzene rings is 1. The maximum absolute atomic E-state index is 12.6. The average Bonchev–Trinajstić information content (AvgIpc) is 3.18. The van der Waals surface area contributed by atoms with Crippen LogP contribution in [0.2, 0.25) is 0 Å². The number of amides is 1. The number of pyridine rings is 1. The number of aliphatic carboxylic acids is 1. The number of aryl methyl sites for hydroxylation is 2. The van der Waals surface area contributed by atoms with Crippen molar-refractivity contribution in [1.82, 2.24) is 10.3 Å². The van der Waals surface area contributed by atoms with Crippen LogP contribution in [0, 0.1) is 19.8 Å². The highest BCUT2D eigenvalue weighted by molar-refractivity contribution is 8.03. The molecule has 1 aliphatic rings. The van der Waals surface area contributed by atoms with Gasteiger partial charge >= 0.3 is 12.1 Å². The third-order valence-corrected chi connectivity index (χ3v) is 7.56. The molecule has 38 heavy (non-hydrogen) atoms. The van der Waals surface area contributed by atoms with Crippen LogP contribution in [-0.4, -0.2) is 38.6 Å². The van der Waals surface area contributed by atoms with E-state index >= 15 is 0 Å². The minimum Gasteiger partial charge on any atom is -0.480 e. The number of nitrogens with one attached hydrogen (secondary N) is 1. The SMILES string of the molecule is Cc1ccc(-c2c(COC3(C)C=CSC3C(=O)O)c(C)nc(CC(C)C)c2CNC(=O)OC(C)(C)C)cc1. The van der Waals surface area contributed by atoms with Crippen LogP contribution < -0.4 is 5.32 Å². The van der Waals surface area contributed by atoms with Gasteiger partial charge in [-0.1, -0.05) is 43.7 Å². The molecule has 2 atom stereocenters. The molecule has 2 unspecified atom stereocenters. The summed E-state index contributed by atoms with van der Waals surface area (Å²) in [4.78, 5) is 29.4. The summed E-state index contributed by atoms with van der Waals surface area (Å²) in [6.07, 6.45) is 2.05. The Hall–Kier alpha value is -2.84. The molecule has 1 aromatic carbocycles. The Labute approximate surface area is 230 Å². The smallest absolute Gasteiger partial charge is 0.407 e. The first-order valence-corrected chi connectivity index (χ1v) is 13.9. The third-order valence-electron chi connectivity index (χ3n) is 6.33. The van der Waals surface area contributed by atoms with Crippen LogP contribution in [-0.2, 0) is 33.8 Å². The zero-order valence-electron chi connectivity index (χ0n) is 23.7. The first-order chi connectivity index (χ1) is 17.7. The van der Waals surface area contributed by atoms with Crippen molar-refractivity contribution < 1.29 is 24.2 Å². The van der Waals surface area contributed by atoms with E-state index in [4.69, 9.17) is 14.5 Å². The molecule has 7 nitrogen and oxygen atoms in total.